The summed E-state index contributed by atoms with van der Waals surface area (Å²) >= 11 is 0. The summed E-state index contributed by atoms with van der Waals surface area (Å²) < 4.78 is 23.1. The average molecular weight is 301 g/mol. The van der Waals surface area contributed by atoms with Gasteiger partial charge in [0, 0.05) is 12.2 Å². The number of nitrogens with one attached hydrogen (secondary N) is 1. The summed E-state index contributed by atoms with van der Waals surface area (Å²) in [6, 6.07) is 4.42. The second kappa shape index (κ2) is 5.99. The Morgan fingerprint density at radius 3 is 2.50 bits per heavy atom. The molecule has 0 fully saturated rings. The van der Waals surface area contributed by atoms with E-state index in [9.17, 15) is 13.5 Å². The molecule has 114 valence electrons. The van der Waals surface area contributed by atoms with Crippen LogP contribution < -0.4 is 16.2 Å². The van der Waals surface area contributed by atoms with Crippen molar-refractivity contribution in [2.45, 2.75) is 37.7 Å². The third-order valence-electron chi connectivity index (χ3n) is 2.82. The van der Waals surface area contributed by atoms with Crippen LogP contribution in [0, 0.1) is 5.92 Å². The topological polar surface area (TPSA) is 118 Å². The minimum Gasteiger partial charge on any atom is -0.399 e. The van der Waals surface area contributed by atoms with Gasteiger partial charge in [0.2, 0.25) is 10.0 Å². The summed E-state index contributed by atoms with van der Waals surface area (Å²) in [5, 5.41) is 18.3. The molecule has 6 nitrogen and oxygen atoms in total. The summed E-state index contributed by atoms with van der Waals surface area (Å²) in [5.74, 6) is 0.330. The maximum absolute atomic E-state index is 11.5. The highest BCUT2D eigenvalue weighted by molar-refractivity contribution is 7.89. The Balaban J connectivity index is 2.94. The fourth-order valence-corrected chi connectivity index (χ4v) is 2.90. The first-order valence-corrected chi connectivity index (χ1v) is 7.94. The Kier molecular flexibility index (Phi) is 5.01. The molecule has 1 rings (SSSR count). The van der Waals surface area contributed by atoms with E-state index in [4.69, 9.17) is 10.9 Å². The Hall–Kier alpha value is -1.31. The van der Waals surface area contributed by atoms with E-state index in [1.54, 1.807) is 19.1 Å². The maximum Gasteiger partial charge on any atom is 0.240 e. The van der Waals surface area contributed by atoms with E-state index in [0.29, 0.717) is 23.7 Å². The van der Waals surface area contributed by atoms with Crippen molar-refractivity contribution >= 4 is 21.4 Å². The van der Waals surface area contributed by atoms with Crippen LogP contribution in [0.5, 0.6) is 0 Å². The Labute approximate surface area is 120 Å². The van der Waals surface area contributed by atoms with Crippen LogP contribution in [0.15, 0.2) is 23.1 Å². The average Bonchev–Trinajstić information content (AvgIpc) is 2.24. The van der Waals surface area contributed by atoms with Crippen molar-refractivity contribution in [1.29, 1.82) is 0 Å². The van der Waals surface area contributed by atoms with Crippen LogP contribution in [0.25, 0.3) is 0 Å². The smallest absolute Gasteiger partial charge is 0.240 e. The van der Waals surface area contributed by atoms with Gasteiger partial charge >= 0.3 is 0 Å². The normalized spacial score (nSPS) is 15.1. The molecule has 0 heterocycles. The van der Waals surface area contributed by atoms with Crippen LogP contribution in [0.2, 0.25) is 0 Å². The quantitative estimate of drug-likeness (QED) is 0.587. The highest BCUT2D eigenvalue weighted by Crippen LogP contribution is 2.24. The molecule has 0 aromatic heterocycles. The van der Waals surface area contributed by atoms with Gasteiger partial charge in [-0.2, -0.15) is 0 Å². The standard InChI is InChI=1S/C13H23N3O3S/c1-9(2)7-13(3,17)8-16-11-5-4-10(14)6-12(11)20(15,18)19/h4-6,9,16-17H,7-8,14H2,1-3H3,(H2,15,18,19). The van der Waals surface area contributed by atoms with Gasteiger partial charge in [-0.25, -0.2) is 13.6 Å². The monoisotopic (exact) mass is 301 g/mol. The van der Waals surface area contributed by atoms with E-state index < -0.39 is 15.6 Å². The molecule has 0 saturated heterocycles. The van der Waals surface area contributed by atoms with E-state index in [-0.39, 0.29) is 11.4 Å². The number of nitrogens with two attached hydrogens (primary N) is 2. The molecule has 6 N–H and O–H groups in total. The lowest BCUT2D eigenvalue weighted by molar-refractivity contribution is 0.0515. The van der Waals surface area contributed by atoms with Gasteiger partial charge in [-0.15, -0.1) is 0 Å². The lowest BCUT2D eigenvalue weighted by atomic mass is 9.94. The zero-order chi connectivity index (χ0) is 15.6. The first-order chi connectivity index (χ1) is 9.01. The molecular weight excluding hydrogens is 278 g/mol. The van der Waals surface area contributed by atoms with Crippen LogP contribution in [-0.4, -0.2) is 25.7 Å². The highest BCUT2D eigenvalue weighted by Gasteiger charge is 2.23. The molecule has 0 saturated carbocycles. The fraction of sp³-hybridized carbons (Fsp3) is 0.538. The third kappa shape index (κ3) is 4.99. The third-order valence-corrected chi connectivity index (χ3v) is 3.77. The van der Waals surface area contributed by atoms with Crippen molar-refractivity contribution in [3.05, 3.63) is 18.2 Å². The van der Waals surface area contributed by atoms with Gasteiger partial charge < -0.3 is 16.2 Å². The minimum atomic E-state index is -3.87. The summed E-state index contributed by atoms with van der Waals surface area (Å²) in [7, 11) is -3.87. The first-order valence-electron chi connectivity index (χ1n) is 6.40. The van der Waals surface area contributed by atoms with Crippen molar-refractivity contribution < 1.29 is 13.5 Å². The summed E-state index contributed by atoms with van der Waals surface area (Å²) in [6.07, 6.45) is 0.597. The van der Waals surface area contributed by atoms with Gasteiger partial charge in [0.15, 0.2) is 0 Å². The molecule has 0 radical (unpaired) electrons. The van der Waals surface area contributed by atoms with E-state index in [2.05, 4.69) is 5.32 Å². The first kappa shape index (κ1) is 16.7. The Bertz CT molecular complexity index is 568. The second-order valence-corrected chi connectivity index (χ2v) is 7.28. The summed E-state index contributed by atoms with van der Waals surface area (Å²) in [6.45, 7) is 5.94. The number of nitrogen functional groups attached to an aromatic ring is 1. The largest absolute Gasteiger partial charge is 0.399 e. The summed E-state index contributed by atoms with van der Waals surface area (Å²) in [5.41, 5.74) is 5.29. The van der Waals surface area contributed by atoms with Crippen molar-refractivity contribution in [3.63, 3.8) is 0 Å². The predicted octanol–water partition coefficient (Wildman–Crippen LogP) is 1.13. The van der Waals surface area contributed by atoms with Gasteiger partial charge in [-0.05, 0) is 37.5 Å². The van der Waals surface area contributed by atoms with E-state index in [0.717, 1.165) is 0 Å². The van der Waals surface area contributed by atoms with E-state index in [1.165, 1.54) is 6.07 Å². The Morgan fingerprint density at radius 2 is 2.00 bits per heavy atom. The maximum atomic E-state index is 11.5. The van der Waals surface area contributed by atoms with Crippen LogP contribution in [0.3, 0.4) is 0 Å². The number of aliphatic hydroxyl groups is 1. The number of anilines is 2. The van der Waals surface area contributed by atoms with Gasteiger partial charge in [-0.1, -0.05) is 13.8 Å². The van der Waals surface area contributed by atoms with E-state index in [1.807, 2.05) is 13.8 Å². The van der Waals surface area contributed by atoms with Crippen molar-refractivity contribution in [2.24, 2.45) is 11.1 Å². The molecular formula is C13H23N3O3S. The van der Waals surface area contributed by atoms with Crippen LogP contribution in [0.1, 0.15) is 27.2 Å². The predicted molar refractivity (Wildman–Crippen MR) is 80.8 cm³/mol. The molecule has 0 aliphatic carbocycles. The molecule has 1 atom stereocenters. The molecule has 0 bridgehead atoms. The van der Waals surface area contributed by atoms with Crippen LogP contribution in [-0.2, 0) is 10.0 Å². The SMILES string of the molecule is CC(C)CC(C)(O)CNc1ccc(N)cc1S(N)(=O)=O. The molecule has 20 heavy (non-hydrogen) atoms. The van der Waals surface area contributed by atoms with Gasteiger partial charge in [-0.3, -0.25) is 0 Å². The lowest BCUT2D eigenvalue weighted by Gasteiger charge is -2.26. The van der Waals surface area contributed by atoms with Crippen molar-refractivity contribution in [2.75, 3.05) is 17.6 Å². The van der Waals surface area contributed by atoms with Gasteiger partial charge in [0.05, 0.1) is 11.3 Å². The molecule has 1 aromatic rings. The lowest BCUT2D eigenvalue weighted by Crippen LogP contribution is -2.35. The molecule has 1 aromatic carbocycles. The van der Waals surface area contributed by atoms with Crippen LogP contribution >= 0.6 is 0 Å². The number of hydrogen-bond acceptors (Lipinski definition) is 5. The van der Waals surface area contributed by atoms with Gasteiger partial charge in [0.25, 0.3) is 0 Å². The van der Waals surface area contributed by atoms with E-state index >= 15 is 0 Å². The minimum absolute atomic E-state index is 0.0714. The molecule has 0 amide bonds. The highest BCUT2D eigenvalue weighted by atomic mass is 32.2. The number of benzene rings is 1. The molecule has 0 spiro atoms. The molecule has 0 aliphatic heterocycles. The second-order valence-electron chi connectivity index (χ2n) is 5.75. The number of primary sulfonamides is 1. The van der Waals surface area contributed by atoms with Crippen molar-refractivity contribution in [1.82, 2.24) is 0 Å². The van der Waals surface area contributed by atoms with Crippen LogP contribution in [0.4, 0.5) is 11.4 Å². The fourth-order valence-electron chi connectivity index (χ4n) is 2.16. The number of rotatable bonds is 6. The number of hydrogen-bond donors (Lipinski definition) is 4. The molecule has 7 heteroatoms. The zero-order valence-corrected chi connectivity index (χ0v) is 12.9. The van der Waals surface area contributed by atoms with Gasteiger partial charge in [0.1, 0.15) is 4.90 Å². The zero-order valence-electron chi connectivity index (χ0n) is 12.1. The molecule has 0 aliphatic rings. The number of sulfonamides is 1. The van der Waals surface area contributed by atoms with Crippen molar-refractivity contribution in [3.8, 4) is 0 Å². The summed E-state index contributed by atoms with van der Waals surface area (Å²) in [4.78, 5) is -0.0714. The molecule has 1 unspecified atom stereocenters. The Morgan fingerprint density at radius 1 is 1.40 bits per heavy atom.